The van der Waals surface area contributed by atoms with Crippen LogP contribution in [0.15, 0.2) is 24.3 Å². The van der Waals surface area contributed by atoms with Gasteiger partial charge in [0.15, 0.2) is 0 Å². The van der Waals surface area contributed by atoms with Crippen molar-refractivity contribution < 1.29 is 10.2 Å². The van der Waals surface area contributed by atoms with Gasteiger partial charge in [0.2, 0.25) is 0 Å². The zero-order valence-corrected chi connectivity index (χ0v) is 12.1. The van der Waals surface area contributed by atoms with Crippen LogP contribution in [0.5, 0.6) is 0 Å². The Balaban J connectivity index is 1.82. The van der Waals surface area contributed by atoms with E-state index >= 15 is 0 Å². The van der Waals surface area contributed by atoms with Crippen molar-refractivity contribution in [3.8, 4) is 0 Å². The van der Waals surface area contributed by atoms with E-state index in [0.29, 0.717) is 17.4 Å². The second kappa shape index (κ2) is 6.71. The zero-order valence-electron chi connectivity index (χ0n) is 11.3. The molecule has 19 heavy (non-hydrogen) atoms. The van der Waals surface area contributed by atoms with Gasteiger partial charge in [-0.05, 0) is 43.9 Å². The minimum absolute atomic E-state index is 0.238. The molecule has 4 heteroatoms. The molecule has 2 N–H and O–H groups in total. The van der Waals surface area contributed by atoms with Gasteiger partial charge >= 0.3 is 0 Å². The van der Waals surface area contributed by atoms with E-state index in [4.69, 9.17) is 11.6 Å². The minimum Gasteiger partial charge on any atom is -0.393 e. The maximum absolute atomic E-state index is 10.2. The molecule has 0 aromatic heterocycles. The van der Waals surface area contributed by atoms with Crippen molar-refractivity contribution in [2.75, 3.05) is 19.6 Å². The summed E-state index contributed by atoms with van der Waals surface area (Å²) in [5.41, 5.74) is 0.801. The molecule has 106 valence electrons. The summed E-state index contributed by atoms with van der Waals surface area (Å²) in [6.45, 7) is 4.63. The normalized spacial score (nSPS) is 23.5. The lowest BCUT2D eigenvalue weighted by molar-refractivity contribution is 0.121. The van der Waals surface area contributed by atoms with Crippen molar-refractivity contribution in [2.24, 2.45) is 5.92 Å². The standard InChI is InChI=1S/C15H22ClNO2/c1-11(18)12-6-8-17(10-12)9-7-15(19)13-4-2-3-5-14(13)16/h2-5,11-12,15,18-19H,6-10H2,1H3. The number of likely N-dealkylation sites (tertiary alicyclic amines) is 1. The fraction of sp³-hybridized carbons (Fsp3) is 0.600. The van der Waals surface area contributed by atoms with Crippen LogP contribution in [0, 0.1) is 5.92 Å². The first-order chi connectivity index (χ1) is 9.08. The Morgan fingerprint density at radius 3 is 2.74 bits per heavy atom. The van der Waals surface area contributed by atoms with Crippen LogP contribution in [-0.2, 0) is 0 Å². The van der Waals surface area contributed by atoms with E-state index in [2.05, 4.69) is 4.90 Å². The third kappa shape index (κ3) is 3.93. The van der Waals surface area contributed by atoms with Gasteiger partial charge in [-0.25, -0.2) is 0 Å². The second-order valence-electron chi connectivity index (χ2n) is 5.42. The summed E-state index contributed by atoms with van der Waals surface area (Å²) in [6.07, 6.45) is 0.966. The van der Waals surface area contributed by atoms with Crippen LogP contribution < -0.4 is 0 Å². The molecule has 0 bridgehead atoms. The summed E-state index contributed by atoms with van der Waals surface area (Å²) >= 11 is 6.07. The quantitative estimate of drug-likeness (QED) is 0.872. The van der Waals surface area contributed by atoms with Crippen LogP contribution in [0.4, 0.5) is 0 Å². The summed E-state index contributed by atoms with van der Waals surface area (Å²) < 4.78 is 0. The maximum Gasteiger partial charge on any atom is 0.0816 e. The fourth-order valence-corrected chi connectivity index (χ4v) is 2.93. The molecule has 1 saturated heterocycles. The summed E-state index contributed by atoms with van der Waals surface area (Å²) in [6, 6.07) is 7.44. The van der Waals surface area contributed by atoms with E-state index in [9.17, 15) is 10.2 Å². The Bertz CT molecular complexity index is 411. The van der Waals surface area contributed by atoms with Gasteiger partial charge in [-0.2, -0.15) is 0 Å². The maximum atomic E-state index is 10.2. The smallest absolute Gasteiger partial charge is 0.0816 e. The van der Waals surface area contributed by atoms with Crippen molar-refractivity contribution >= 4 is 11.6 Å². The summed E-state index contributed by atoms with van der Waals surface area (Å²) in [7, 11) is 0. The van der Waals surface area contributed by atoms with E-state index in [-0.39, 0.29) is 6.10 Å². The Hall–Kier alpha value is -0.610. The van der Waals surface area contributed by atoms with E-state index in [0.717, 1.165) is 31.6 Å². The molecular formula is C15H22ClNO2. The molecule has 3 unspecified atom stereocenters. The number of aliphatic hydroxyl groups is 2. The van der Waals surface area contributed by atoms with Gasteiger partial charge in [-0.3, -0.25) is 0 Å². The van der Waals surface area contributed by atoms with Crippen molar-refractivity contribution in [1.82, 2.24) is 4.90 Å². The molecule has 1 aliphatic rings. The van der Waals surface area contributed by atoms with Gasteiger partial charge in [-0.1, -0.05) is 29.8 Å². The number of aliphatic hydroxyl groups excluding tert-OH is 2. The van der Waals surface area contributed by atoms with Crippen LogP contribution in [0.3, 0.4) is 0 Å². The second-order valence-corrected chi connectivity index (χ2v) is 5.82. The van der Waals surface area contributed by atoms with Crippen LogP contribution >= 0.6 is 11.6 Å². The number of rotatable bonds is 5. The van der Waals surface area contributed by atoms with Crippen molar-refractivity contribution in [1.29, 1.82) is 0 Å². The average Bonchev–Trinajstić information content (AvgIpc) is 2.85. The molecule has 3 atom stereocenters. The molecule has 3 nitrogen and oxygen atoms in total. The molecule has 1 fully saturated rings. The highest BCUT2D eigenvalue weighted by atomic mass is 35.5. The molecule has 0 amide bonds. The fourth-order valence-electron chi connectivity index (χ4n) is 2.67. The Labute approximate surface area is 119 Å². The van der Waals surface area contributed by atoms with Crippen LogP contribution in [-0.4, -0.2) is 40.9 Å². The van der Waals surface area contributed by atoms with E-state index in [1.165, 1.54) is 0 Å². The number of hydrogen-bond acceptors (Lipinski definition) is 3. The van der Waals surface area contributed by atoms with Crippen LogP contribution in [0.1, 0.15) is 31.4 Å². The van der Waals surface area contributed by atoms with Crippen LogP contribution in [0.2, 0.25) is 5.02 Å². The van der Waals surface area contributed by atoms with E-state index < -0.39 is 6.10 Å². The van der Waals surface area contributed by atoms with Crippen molar-refractivity contribution in [3.63, 3.8) is 0 Å². The third-order valence-corrected chi connectivity index (χ3v) is 4.32. The summed E-state index contributed by atoms with van der Waals surface area (Å²) in [5, 5.41) is 20.4. The number of hydrogen-bond donors (Lipinski definition) is 2. The van der Waals surface area contributed by atoms with Gasteiger partial charge in [0.05, 0.1) is 12.2 Å². The first kappa shape index (κ1) is 14.8. The summed E-state index contributed by atoms with van der Waals surface area (Å²) in [5.74, 6) is 0.373. The predicted molar refractivity (Wildman–Crippen MR) is 77.3 cm³/mol. The van der Waals surface area contributed by atoms with Gasteiger partial charge in [-0.15, -0.1) is 0 Å². The SMILES string of the molecule is CC(O)C1CCN(CCC(O)c2ccccc2Cl)C1. The molecule has 1 aromatic rings. The molecule has 1 aliphatic heterocycles. The van der Waals surface area contributed by atoms with E-state index in [1.807, 2.05) is 25.1 Å². The Kier molecular flexibility index (Phi) is 5.22. The highest BCUT2D eigenvalue weighted by Crippen LogP contribution is 2.26. The zero-order chi connectivity index (χ0) is 13.8. The first-order valence-electron chi connectivity index (χ1n) is 6.91. The number of nitrogens with zero attached hydrogens (tertiary/aromatic N) is 1. The Morgan fingerprint density at radius 2 is 2.11 bits per heavy atom. The summed E-state index contributed by atoms with van der Waals surface area (Å²) in [4.78, 5) is 2.30. The molecule has 1 aromatic carbocycles. The molecular weight excluding hydrogens is 262 g/mol. The molecule has 2 rings (SSSR count). The predicted octanol–water partition coefficient (Wildman–Crippen LogP) is 2.47. The van der Waals surface area contributed by atoms with Gasteiger partial charge in [0.1, 0.15) is 0 Å². The highest BCUT2D eigenvalue weighted by Gasteiger charge is 2.26. The molecule has 0 radical (unpaired) electrons. The number of benzene rings is 1. The van der Waals surface area contributed by atoms with Gasteiger partial charge < -0.3 is 15.1 Å². The molecule has 0 aliphatic carbocycles. The monoisotopic (exact) mass is 283 g/mol. The molecule has 1 heterocycles. The topological polar surface area (TPSA) is 43.7 Å². The lowest BCUT2D eigenvalue weighted by Crippen LogP contribution is -2.26. The average molecular weight is 284 g/mol. The van der Waals surface area contributed by atoms with Gasteiger partial charge in [0.25, 0.3) is 0 Å². The van der Waals surface area contributed by atoms with Crippen molar-refractivity contribution in [3.05, 3.63) is 34.9 Å². The van der Waals surface area contributed by atoms with Crippen molar-refractivity contribution in [2.45, 2.75) is 32.0 Å². The molecule has 0 spiro atoms. The Morgan fingerprint density at radius 1 is 1.37 bits per heavy atom. The number of halogens is 1. The van der Waals surface area contributed by atoms with Crippen LogP contribution in [0.25, 0.3) is 0 Å². The van der Waals surface area contributed by atoms with Gasteiger partial charge in [0, 0.05) is 18.1 Å². The lowest BCUT2D eigenvalue weighted by Gasteiger charge is -2.19. The van der Waals surface area contributed by atoms with E-state index in [1.54, 1.807) is 6.07 Å². The molecule has 0 saturated carbocycles. The largest absolute Gasteiger partial charge is 0.393 e. The minimum atomic E-state index is -0.515. The highest BCUT2D eigenvalue weighted by molar-refractivity contribution is 6.31. The first-order valence-corrected chi connectivity index (χ1v) is 7.28. The lowest BCUT2D eigenvalue weighted by atomic mass is 10.0. The third-order valence-electron chi connectivity index (χ3n) is 3.97.